The second-order valence-electron chi connectivity index (χ2n) is 7.66. The number of hydrogen-bond donors (Lipinski definition) is 1. The third-order valence-electron chi connectivity index (χ3n) is 6.29. The molecular weight excluding hydrogens is 325 g/mol. The molecule has 0 aromatic rings. The Labute approximate surface area is 147 Å². The van der Waals surface area contributed by atoms with Crippen LogP contribution in [0.4, 0.5) is 4.39 Å². The fourth-order valence-corrected chi connectivity index (χ4v) is 4.59. The number of nitriles is 1. The van der Waals surface area contributed by atoms with Gasteiger partial charge in [0.1, 0.15) is 12.2 Å². The van der Waals surface area contributed by atoms with E-state index in [1.807, 2.05) is 13.0 Å². The van der Waals surface area contributed by atoms with Gasteiger partial charge in [0, 0.05) is 12.0 Å². The van der Waals surface area contributed by atoms with Crippen molar-refractivity contribution in [2.24, 2.45) is 5.41 Å². The molecule has 25 heavy (non-hydrogen) atoms. The van der Waals surface area contributed by atoms with Crippen LogP contribution in [0.15, 0.2) is 0 Å². The van der Waals surface area contributed by atoms with Crippen LogP contribution in [0.5, 0.6) is 0 Å². The van der Waals surface area contributed by atoms with Gasteiger partial charge in [-0.3, -0.25) is 9.59 Å². The van der Waals surface area contributed by atoms with Crippen LogP contribution < -0.4 is 5.32 Å². The van der Waals surface area contributed by atoms with Crippen molar-refractivity contribution in [2.45, 2.75) is 69.6 Å². The summed E-state index contributed by atoms with van der Waals surface area (Å²) in [6.45, 7) is 2.37. The summed E-state index contributed by atoms with van der Waals surface area (Å²) >= 11 is 0. The van der Waals surface area contributed by atoms with Gasteiger partial charge in [-0.15, -0.1) is 0 Å². The molecule has 4 aliphatic rings. The molecule has 3 aliphatic carbocycles. The fourth-order valence-electron chi connectivity index (χ4n) is 4.59. The smallest absolute Gasteiger partial charge is 0.312 e. The molecule has 3 saturated carbocycles. The minimum absolute atomic E-state index is 0.0116. The molecule has 1 amide bonds. The molecule has 0 spiro atoms. The fraction of sp³-hybridized carbons (Fsp3) is 0.833. The van der Waals surface area contributed by atoms with Crippen LogP contribution >= 0.6 is 0 Å². The van der Waals surface area contributed by atoms with Crippen molar-refractivity contribution in [2.75, 3.05) is 19.7 Å². The molecule has 138 valence electrons. The number of rotatable bonds is 5. The van der Waals surface area contributed by atoms with Crippen molar-refractivity contribution in [3.05, 3.63) is 0 Å². The van der Waals surface area contributed by atoms with Gasteiger partial charge in [-0.05, 0) is 45.4 Å². The Morgan fingerprint density at radius 2 is 1.92 bits per heavy atom. The van der Waals surface area contributed by atoms with Gasteiger partial charge in [-0.2, -0.15) is 5.26 Å². The highest BCUT2D eigenvalue weighted by molar-refractivity contribution is 5.80. The van der Waals surface area contributed by atoms with E-state index in [0.29, 0.717) is 6.61 Å². The number of nitrogens with one attached hydrogen (secondary N) is 1. The van der Waals surface area contributed by atoms with Crippen molar-refractivity contribution in [1.29, 1.82) is 5.26 Å². The standard InChI is InChI=1S/C18H26FN3O3/c1-2-25-16(24)17-3-6-18(7-4-17,8-5-17)21-11-15(23)22-12-13(19)9-14(22)10-20/h13-14,21H,2-9,11-12H2,1H3/t13?,14-,17?,18?/m0/s1. The number of carbonyl (C=O) groups is 2. The quantitative estimate of drug-likeness (QED) is 0.762. The first-order valence-corrected chi connectivity index (χ1v) is 9.19. The first-order valence-electron chi connectivity index (χ1n) is 9.19. The zero-order valence-corrected chi connectivity index (χ0v) is 14.7. The molecular formula is C18H26FN3O3. The molecule has 1 heterocycles. The predicted octanol–water partition coefficient (Wildman–Crippen LogP) is 1.69. The Balaban J connectivity index is 1.55. The molecule has 4 fully saturated rings. The van der Waals surface area contributed by atoms with Gasteiger partial charge >= 0.3 is 5.97 Å². The van der Waals surface area contributed by atoms with Crippen molar-refractivity contribution >= 4 is 11.9 Å². The maximum atomic E-state index is 13.5. The molecule has 2 bridgehead atoms. The zero-order valence-electron chi connectivity index (χ0n) is 14.7. The lowest BCUT2D eigenvalue weighted by atomic mass is 9.57. The minimum Gasteiger partial charge on any atom is -0.466 e. The van der Waals surface area contributed by atoms with Crippen molar-refractivity contribution < 1.29 is 18.7 Å². The Hall–Kier alpha value is -1.68. The largest absolute Gasteiger partial charge is 0.466 e. The number of nitrogens with zero attached hydrogens (tertiary/aromatic N) is 2. The van der Waals surface area contributed by atoms with Crippen LogP contribution in [0.2, 0.25) is 0 Å². The number of fused-ring (bicyclic) bond motifs is 3. The summed E-state index contributed by atoms with van der Waals surface area (Å²) in [6, 6.07) is 1.35. The van der Waals surface area contributed by atoms with Crippen LogP contribution in [0.1, 0.15) is 51.9 Å². The van der Waals surface area contributed by atoms with E-state index in [2.05, 4.69) is 5.32 Å². The van der Waals surface area contributed by atoms with Crippen molar-refractivity contribution in [3.8, 4) is 6.07 Å². The molecule has 1 unspecified atom stereocenters. The summed E-state index contributed by atoms with van der Waals surface area (Å²) in [6.07, 6.45) is 3.86. The summed E-state index contributed by atoms with van der Waals surface area (Å²) in [5.74, 6) is -0.295. The van der Waals surface area contributed by atoms with Gasteiger partial charge in [0.2, 0.25) is 5.91 Å². The molecule has 4 rings (SSSR count). The van der Waals surface area contributed by atoms with Gasteiger partial charge in [-0.1, -0.05) is 0 Å². The lowest BCUT2D eigenvalue weighted by molar-refractivity contribution is -0.163. The molecule has 2 atom stereocenters. The second kappa shape index (κ2) is 6.91. The monoisotopic (exact) mass is 351 g/mol. The normalized spacial score (nSPS) is 36.9. The number of likely N-dealkylation sites (tertiary alicyclic amines) is 1. The minimum atomic E-state index is -1.11. The zero-order chi connectivity index (χ0) is 18.1. The number of amides is 1. The summed E-state index contributed by atoms with van der Waals surface area (Å²) in [7, 11) is 0. The van der Waals surface area contributed by atoms with E-state index in [1.165, 1.54) is 4.90 Å². The summed E-state index contributed by atoms with van der Waals surface area (Å²) in [5.41, 5.74) is -0.466. The first-order chi connectivity index (χ1) is 11.9. The highest BCUT2D eigenvalue weighted by Crippen LogP contribution is 2.52. The van der Waals surface area contributed by atoms with Crippen LogP contribution in [0, 0.1) is 16.7 Å². The lowest BCUT2D eigenvalue weighted by Gasteiger charge is -2.52. The summed E-state index contributed by atoms with van der Waals surface area (Å²) in [4.78, 5) is 26.0. The highest BCUT2D eigenvalue weighted by Gasteiger charge is 2.53. The second-order valence-corrected chi connectivity index (χ2v) is 7.66. The Bertz CT molecular complexity index is 564. The molecule has 1 N–H and O–H groups in total. The lowest BCUT2D eigenvalue weighted by Crippen LogP contribution is -2.58. The number of ether oxygens (including phenoxy) is 1. The first kappa shape index (κ1) is 18.1. The van der Waals surface area contributed by atoms with Gasteiger partial charge in [0.05, 0.1) is 31.2 Å². The SMILES string of the molecule is CCOC(=O)C12CCC(NCC(=O)N3CC(F)C[C@H]3C#N)(CC1)CC2. The maximum absolute atomic E-state index is 13.5. The molecule has 1 saturated heterocycles. The van der Waals surface area contributed by atoms with Gasteiger partial charge in [0.15, 0.2) is 0 Å². The summed E-state index contributed by atoms with van der Waals surface area (Å²) in [5, 5.41) is 12.4. The Morgan fingerprint density at radius 3 is 2.48 bits per heavy atom. The Kier molecular flexibility index (Phi) is 5.01. The molecule has 1 aliphatic heterocycles. The molecule has 6 nitrogen and oxygen atoms in total. The van der Waals surface area contributed by atoms with E-state index in [4.69, 9.17) is 10.00 Å². The van der Waals surface area contributed by atoms with Crippen LogP contribution in [-0.2, 0) is 14.3 Å². The number of halogens is 1. The third kappa shape index (κ3) is 3.37. The average molecular weight is 351 g/mol. The van der Waals surface area contributed by atoms with Crippen molar-refractivity contribution in [3.63, 3.8) is 0 Å². The van der Waals surface area contributed by atoms with Crippen LogP contribution in [-0.4, -0.2) is 54.2 Å². The predicted molar refractivity (Wildman–Crippen MR) is 88.1 cm³/mol. The van der Waals surface area contributed by atoms with E-state index in [9.17, 15) is 14.0 Å². The van der Waals surface area contributed by atoms with Crippen molar-refractivity contribution in [1.82, 2.24) is 10.2 Å². The number of alkyl halides is 1. The number of esters is 1. The summed E-state index contributed by atoms with van der Waals surface area (Å²) < 4.78 is 18.7. The van der Waals surface area contributed by atoms with Crippen LogP contribution in [0.3, 0.4) is 0 Å². The third-order valence-corrected chi connectivity index (χ3v) is 6.29. The van der Waals surface area contributed by atoms with E-state index >= 15 is 0 Å². The van der Waals surface area contributed by atoms with Crippen LogP contribution in [0.25, 0.3) is 0 Å². The molecule has 0 aromatic heterocycles. The van der Waals surface area contributed by atoms with E-state index in [0.717, 1.165) is 38.5 Å². The average Bonchev–Trinajstić information content (AvgIpc) is 3.02. The highest BCUT2D eigenvalue weighted by atomic mass is 19.1. The van der Waals surface area contributed by atoms with Gasteiger partial charge in [0.25, 0.3) is 0 Å². The number of carbonyl (C=O) groups excluding carboxylic acids is 2. The van der Waals surface area contributed by atoms with E-state index in [-0.39, 0.29) is 42.3 Å². The molecule has 0 aromatic carbocycles. The van der Waals surface area contributed by atoms with Gasteiger partial charge < -0.3 is 15.0 Å². The van der Waals surface area contributed by atoms with E-state index in [1.54, 1.807) is 0 Å². The maximum Gasteiger partial charge on any atom is 0.312 e. The number of hydrogen-bond acceptors (Lipinski definition) is 5. The topological polar surface area (TPSA) is 82.4 Å². The van der Waals surface area contributed by atoms with E-state index < -0.39 is 12.2 Å². The Morgan fingerprint density at radius 1 is 1.28 bits per heavy atom. The molecule has 7 heteroatoms. The molecule has 0 radical (unpaired) electrons. The van der Waals surface area contributed by atoms with Gasteiger partial charge in [-0.25, -0.2) is 4.39 Å².